The van der Waals surface area contributed by atoms with Crippen LogP contribution >= 0.6 is 0 Å². The molecule has 3 nitrogen and oxygen atoms in total. The van der Waals surface area contributed by atoms with E-state index in [0.29, 0.717) is 11.1 Å². The zero-order chi connectivity index (χ0) is 14.6. The average molecular weight is 270 g/mol. The van der Waals surface area contributed by atoms with E-state index >= 15 is 0 Å². The van der Waals surface area contributed by atoms with Gasteiger partial charge in [-0.3, -0.25) is 4.79 Å². The van der Waals surface area contributed by atoms with Crippen molar-refractivity contribution in [2.24, 2.45) is 0 Å². The molecule has 0 aromatic heterocycles. The van der Waals surface area contributed by atoms with Gasteiger partial charge in [0.2, 0.25) is 5.79 Å². The first-order valence-corrected chi connectivity index (χ1v) is 6.42. The second-order valence-corrected chi connectivity index (χ2v) is 4.49. The second kappa shape index (κ2) is 5.99. The van der Waals surface area contributed by atoms with Gasteiger partial charge in [0.15, 0.2) is 5.78 Å². The van der Waals surface area contributed by atoms with Crippen LogP contribution in [0.1, 0.15) is 28.4 Å². The van der Waals surface area contributed by atoms with Crippen molar-refractivity contribution < 1.29 is 14.3 Å². The van der Waals surface area contributed by atoms with Gasteiger partial charge in [0.05, 0.1) is 0 Å². The Balaban J connectivity index is 2.69. The summed E-state index contributed by atoms with van der Waals surface area (Å²) in [6.07, 6.45) is 0. The Morgan fingerprint density at radius 1 is 0.900 bits per heavy atom. The first kappa shape index (κ1) is 14.4. The lowest BCUT2D eigenvalue weighted by atomic mass is 9.91. The largest absolute Gasteiger partial charge is 0.346 e. The van der Waals surface area contributed by atoms with Crippen molar-refractivity contribution in [2.45, 2.75) is 12.7 Å². The molecule has 0 radical (unpaired) electrons. The Hall–Kier alpha value is -1.97. The number of carbonyl (C=O) groups is 1. The number of benzene rings is 2. The Morgan fingerprint density at radius 2 is 1.45 bits per heavy atom. The first-order chi connectivity index (χ1) is 9.65. The van der Waals surface area contributed by atoms with Crippen LogP contribution in [0.15, 0.2) is 54.6 Å². The molecule has 0 aliphatic heterocycles. The molecule has 2 aromatic rings. The van der Waals surface area contributed by atoms with Gasteiger partial charge in [-0.2, -0.15) is 0 Å². The molecule has 0 fully saturated rings. The van der Waals surface area contributed by atoms with Crippen molar-refractivity contribution in [1.29, 1.82) is 0 Å². The molecule has 2 rings (SSSR count). The standard InChI is InChI=1S/C17H18O3/c1-13(18)15-11-7-8-12-16(15)17(19-2,20-3)14-9-5-4-6-10-14/h4-12H,1-3H3. The molecule has 0 saturated carbocycles. The molecule has 0 bridgehead atoms. The topological polar surface area (TPSA) is 35.5 Å². The smallest absolute Gasteiger partial charge is 0.222 e. The van der Waals surface area contributed by atoms with Crippen LogP contribution in [-0.4, -0.2) is 20.0 Å². The van der Waals surface area contributed by atoms with Crippen LogP contribution in [-0.2, 0) is 15.3 Å². The summed E-state index contributed by atoms with van der Waals surface area (Å²) in [6.45, 7) is 1.54. The number of hydrogen-bond donors (Lipinski definition) is 0. The van der Waals surface area contributed by atoms with Crippen LogP contribution in [0, 0.1) is 0 Å². The zero-order valence-corrected chi connectivity index (χ0v) is 11.9. The number of hydrogen-bond acceptors (Lipinski definition) is 3. The number of methoxy groups -OCH3 is 2. The molecule has 0 unspecified atom stereocenters. The molecule has 3 heteroatoms. The van der Waals surface area contributed by atoms with Gasteiger partial charge in [0, 0.05) is 30.9 Å². The van der Waals surface area contributed by atoms with Crippen LogP contribution in [0.4, 0.5) is 0 Å². The molecule has 0 saturated heterocycles. The van der Waals surface area contributed by atoms with E-state index in [9.17, 15) is 4.79 Å². The predicted octanol–water partition coefficient (Wildman–Crippen LogP) is 3.38. The van der Waals surface area contributed by atoms with E-state index in [1.807, 2.05) is 48.5 Å². The van der Waals surface area contributed by atoms with Crippen molar-refractivity contribution >= 4 is 5.78 Å². The number of rotatable bonds is 5. The molecule has 0 heterocycles. The van der Waals surface area contributed by atoms with Gasteiger partial charge in [-0.05, 0) is 6.92 Å². The maximum absolute atomic E-state index is 11.9. The van der Waals surface area contributed by atoms with Gasteiger partial charge < -0.3 is 9.47 Å². The van der Waals surface area contributed by atoms with E-state index in [4.69, 9.17) is 9.47 Å². The summed E-state index contributed by atoms with van der Waals surface area (Å²) in [6, 6.07) is 16.9. The van der Waals surface area contributed by atoms with E-state index in [-0.39, 0.29) is 5.78 Å². The highest BCUT2D eigenvalue weighted by atomic mass is 16.7. The van der Waals surface area contributed by atoms with E-state index in [1.165, 1.54) is 0 Å². The fraction of sp³-hybridized carbons (Fsp3) is 0.235. The maximum Gasteiger partial charge on any atom is 0.222 e. The van der Waals surface area contributed by atoms with Crippen molar-refractivity contribution in [3.8, 4) is 0 Å². The molecule has 0 N–H and O–H groups in total. The van der Waals surface area contributed by atoms with E-state index in [0.717, 1.165) is 5.56 Å². The van der Waals surface area contributed by atoms with Gasteiger partial charge in [0.1, 0.15) is 0 Å². The predicted molar refractivity (Wildman–Crippen MR) is 77.7 cm³/mol. The number of ether oxygens (including phenoxy) is 2. The van der Waals surface area contributed by atoms with Crippen molar-refractivity contribution in [3.63, 3.8) is 0 Å². The molecule has 0 spiro atoms. The quantitative estimate of drug-likeness (QED) is 0.617. The third-order valence-electron chi connectivity index (χ3n) is 3.39. The van der Waals surface area contributed by atoms with Gasteiger partial charge in [-0.25, -0.2) is 0 Å². The normalized spacial score (nSPS) is 11.3. The fourth-order valence-corrected chi connectivity index (χ4v) is 2.43. The van der Waals surface area contributed by atoms with Crippen LogP contribution in [0.5, 0.6) is 0 Å². The van der Waals surface area contributed by atoms with Crippen LogP contribution < -0.4 is 0 Å². The van der Waals surface area contributed by atoms with Crippen LogP contribution in [0.25, 0.3) is 0 Å². The third kappa shape index (κ3) is 2.38. The van der Waals surface area contributed by atoms with Crippen molar-refractivity contribution in [2.75, 3.05) is 14.2 Å². The van der Waals surface area contributed by atoms with Crippen molar-refractivity contribution in [3.05, 3.63) is 71.3 Å². The summed E-state index contributed by atoms with van der Waals surface area (Å²) >= 11 is 0. The lowest BCUT2D eigenvalue weighted by Gasteiger charge is -2.33. The lowest BCUT2D eigenvalue weighted by molar-refractivity contribution is -0.184. The number of ketones is 1. The first-order valence-electron chi connectivity index (χ1n) is 6.42. The summed E-state index contributed by atoms with van der Waals surface area (Å²) in [5.74, 6) is -1.10. The number of carbonyl (C=O) groups excluding carboxylic acids is 1. The van der Waals surface area contributed by atoms with Gasteiger partial charge in [-0.15, -0.1) is 0 Å². The fourth-order valence-electron chi connectivity index (χ4n) is 2.43. The minimum absolute atomic E-state index is 0.0185. The van der Waals surface area contributed by atoms with Gasteiger partial charge in [-0.1, -0.05) is 54.6 Å². The summed E-state index contributed by atoms with van der Waals surface area (Å²) < 4.78 is 11.4. The molecule has 0 amide bonds. The zero-order valence-electron chi connectivity index (χ0n) is 11.9. The highest BCUT2D eigenvalue weighted by Crippen LogP contribution is 2.35. The summed E-state index contributed by atoms with van der Waals surface area (Å²) in [7, 11) is 3.15. The van der Waals surface area contributed by atoms with E-state index in [1.54, 1.807) is 27.2 Å². The maximum atomic E-state index is 11.9. The molecule has 0 atom stereocenters. The Morgan fingerprint density at radius 3 is 2.00 bits per heavy atom. The molecule has 2 aromatic carbocycles. The van der Waals surface area contributed by atoms with Gasteiger partial charge >= 0.3 is 0 Å². The second-order valence-electron chi connectivity index (χ2n) is 4.49. The van der Waals surface area contributed by atoms with E-state index < -0.39 is 5.79 Å². The highest BCUT2D eigenvalue weighted by Gasteiger charge is 2.37. The average Bonchev–Trinajstić information content (AvgIpc) is 2.50. The Labute approximate surface area is 119 Å². The number of Topliss-reactive ketones (excluding diaryl/α,β-unsaturated/α-hetero) is 1. The molecule has 0 aliphatic carbocycles. The Kier molecular flexibility index (Phi) is 4.32. The monoisotopic (exact) mass is 270 g/mol. The van der Waals surface area contributed by atoms with Crippen LogP contribution in [0.2, 0.25) is 0 Å². The summed E-state index contributed by atoms with van der Waals surface area (Å²) in [5, 5.41) is 0. The molecular weight excluding hydrogens is 252 g/mol. The molecule has 0 aliphatic rings. The molecule has 20 heavy (non-hydrogen) atoms. The molecular formula is C17H18O3. The summed E-state index contributed by atoms with van der Waals surface area (Å²) in [5.41, 5.74) is 2.16. The van der Waals surface area contributed by atoms with Gasteiger partial charge in [0.25, 0.3) is 0 Å². The minimum Gasteiger partial charge on any atom is -0.346 e. The molecule has 104 valence electrons. The SMILES string of the molecule is COC(OC)(c1ccccc1)c1ccccc1C(C)=O. The van der Waals surface area contributed by atoms with E-state index in [2.05, 4.69) is 0 Å². The highest BCUT2D eigenvalue weighted by molar-refractivity contribution is 5.96. The minimum atomic E-state index is -1.08. The van der Waals surface area contributed by atoms with Crippen LogP contribution in [0.3, 0.4) is 0 Å². The third-order valence-corrected chi connectivity index (χ3v) is 3.39. The summed E-state index contributed by atoms with van der Waals surface area (Å²) in [4.78, 5) is 11.9. The lowest BCUT2D eigenvalue weighted by Crippen LogP contribution is -2.33. The van der Waals surface area contributed by atoms with Crippen molar-refractivity contribution in [1.82, 2.24) is 0 Å². The Bertz CT molecular complexity index is 586.